The molecule has 7 heteroatoms. The Balaban J connectivity index is 2.27. The summed E-state index contributed by atoms with van der Waals surface area (Å²) in [5, 5.41) is 3.12. The Morgan fingerprint density at radius 3 is 2.94 bits per heavy atom. The lowest BCUT2D eigenvalue weighted by atomic mass is 10.3. The Labute approximate surface area is 104 Å². The fourth-order valence-corrected chi connectivity index (χ4v) is 2.77. The molecule has 0 spiro atoms. The first kappa shape index (κ1) is 11.7. The topological polar surface area (TPSA) is 53.9 Å². The first-order valence-corrected chi connectivity index (χ1v) is 6.67. The normalized spacial score (nSPS) is 20.9. The standard InChI is InChI=1S/C9H14ClN5S/c1-6-5-16-4-3-15(6)9-13-7(10)12-8(11-2)14-9/h6H,3-5H2,1-2H3,(H,11,12,13,14). The van der Waals surface area contributed by atoms with Gasteiger partial charge in [0, 0.05) is 31.1 Å². The van der Waals surface area contributed by atoms with Gasteiger partial charge >= 0.3 is 0 Å². The average molecular weight is 260 g/mol. The summed E-state index contributed by atoms with van der Waals surface area (Å²) in [6, 6.07) is 0.432. The summed E-state index contributed by atoms with van der Waals surface area (Å²) in [6.45, 7) is 3.12. The van der Waals surface area contributed by atoms with Gasteiger partial charge in [-0.3, -0.25) is 0 Å². The maximum absolute atomic E-state index is 5.86. The molecule has 5 nitrogen and oxygen atoms in total. The van der Waals surface area contributed by atoms with Crippen LogP contribution < -0.4 is 10.2 Å². The van der Waals surface area contributed by atoms with E-state index in [1.807, 2.05) is 11.8 Å². The van der Waals surface area contributed by atoms with E-state index in [2.05, 4.69) is 32.1 Å². The quantitative estimate of drug-likeness (QED) is 0.869. The first-order chi connectivity index (χ1) is 7.70. The second-order valence-electron chi connectivity index (χ2n) is 3.60. The van der Waals surface area contributed by atoms with Crippen molar-refractivity contribution in [1.82, 2.24) is 15.0 Å². The van der Waals surface area contributed by atoms with E-state index < -0.39 is 0 Å². The van der Waals surface area contributed by atoms with Gasteiger partial charge in [-0.25, -0.2) is 0 Å². The van der Waals surface area contributed by atoms with Crippen molar-refractivity contribution >= 4 is 35.3 Å². The predicted molar refractivity (Wildman–Crippen MR) is 68.5 cm³/mol. The van der Waals surface area contributed by atoms with E-state index in [0.29, 0.717) is 17.9 Å². The molecule has 2 heterocycles. The van der Waals surface area contributed by atoms with E-state index in [1.165, 1.54) is 0 Å². The Morgan fingerprint density at radius 1 is 1.44 bits per heavy atom. The zero-order chi connectivity index (χ0) is 11.5. The van der Waals surface area contributed by atoms with Crippen molar-refractivity contribution < 1.29 is 0 Å². The molecule has 0 radical (unpaired) electrons. The lowest BCUT2D eigenvalue weighted by Gasteiger charge is -2.32. The van der Waals surface area contributed by atoms with Crippen LogP contribution in [-0.2, 0) is 0 Å². The molecule has 2 rings (SSSR count). The highest BCUT2D eigenvalue weighted by Crippen LogP contribution is 2.22. The third-order valence-corrected chi connectivity index (χ3v) is 3.80. The smallest absolute Gasteiger partial charge is 0.231 e. The van der Waals surface area contributed by atoms with Gasteiger partial charge in [0.1, 0.15) is 0 Å². The summed E-state index contributed by atoms with van der Waals surface area (Å²) >= 11 is 7.82. The monoisotopic (exact) mass is 259 g/mol. The van der Waals surface area contributed by atoms with Gasteiger partial charge in [0.05, 0.1) is 0 Å². The van der Waals surface area contributed by atoms with Crippen LogP contribution in [0.25, 0.3) is 0 Å². The van der Waals surface area contributed by atoms with Crippen LogP contribution >= 0.6 is 23.4 Å². The number of thioether (sulfide) groups is 1. The number of nitrogens with zero attached hydrogens (tertiary/aromatic N) is 4. The molecule has 1 saturated heterocycles. The van der Waals surface area contributed by atoms with E-state index in [1.54, 1.807) is 7.05 Å². The molecule has 1 atom stereocenters. The molecule has 1 aliphatic rings. The van der Waals surface area contributed by atoms with Crippen LogP contribution in [0, 0.1) is 0 Å². The van der Waals surface area contributed by atoms with E-state index in [9.17, 15) is 0 Å². The molecular formula is C9H14ClN5S. The highest BCUT2D eigenvalue weighted by molar-refractivity contribution is 7.99. The zero-order valence-electron chi connectivity index (χ0n) is 9.27. The van der Waals surface area contributed by atoms with Gasteiger partial charge in [0.25, 0.3) is 0 Å². The van der Waals surface area contributed by atoms with Gasteiger partial charge in [-0.2, -0.15) is 26.7 Å². The highest BCUT2D eigenvalue weighted by Gasteiger charge is 2.22. The van der Waals surface area contributed by atoms with Crippen LogP contribution in [0.3, 0.4) is 0 Å². The number of hydrogen-bond acceptors (Lipinski definition) is 6. The number of aromatic nitrogens is 3. The Morgan fingerprint density at radius 2 is 2.25 bits per heavy atom. The Kier molecular flexibility index (Phi) is 3.70. The molecular weight excluding hydrogens is 246 g/mol. The Bertz CT molecular complexity index is 375. The predicted octanol–water partition coefficient (Wildman–Crippen LogP) is 1.51. The maximum atomic E-state index is 5.86. The van der Waals surface area contributed by atoms with Gasteiger partial charge in [0.2, 0.25) is 17.2 Å². The molecule has 1 unspecified atom stereocenters. The number of halogens is 1. The third kappa shape index (κ3) is 2.49. The molecule has 1 aliphatic heterocycles. The maximum Gasteiger partial charge on any atom is 0.231 e. The minimum Gasteiger partial charge on any atom is -0.357 e. The summed E-state index contributed by atoms with van der Waals surface area (Å²) in [7, 11) is 1.77. The van der Waals surface area contributed by atoms with Gasteiger partial charge < -0.3 is 10.2 Å². The van der Waals surface area contributed by atoms with E-state index in [0.717, 1.165) is 18.1 Å². The lowest BCUT2D eigenvalue weighted by molar-refractivity contribution is 0.675. The van der Waals surface area contributed by atoms with Crippen molar-refractivity contribution in [2.75, 3.05) is 35.3 Å². The molecule has 16 heavy (non-hydrogen) atoms. The van der Waals surface area contributed by atoms with Crippen molar-refractivity contribution in [3.8, 4) is 0 Å². The van der Waals surface area contributed by atoms with Gasteiger partial charge in [0.15, 0.2) is 0 Å². The van der Waals surface area contributed by atoms with Crippen molar-refractivity contribution in [2.45, 2.75) is 13.0 Å². The molecule has 0 amide bonds. The van der Waals surface area contributed by atoms with Crippen LogP contribution in [0.1, 0.15) is 6.92 Å². The molecule has 0 bridgehead atoms. The molecule has 0 aliphatic carbocycles. The minimum absolute atomic E-state index is 0.236. The van der Waals surface area contributed by atoms with Crippen LogP contribution in [-0.4, -0.2) is 46.1 Å². The molecule has 1 fully saturated rings. The van der Waals surface area contributed by atoms with Gasteiger partial charge in [-0.1, -0.05) is 0 Å². The van der Waals surface area contributed by atoms with E-state index >= 15 is 0 Å². The molecule has 0 saturated carbocycles. The van der Waals surface area contributed by atoms with Crippen LogP contribution in [0.5, 0.6) is 0 Å². The number of anilines is 2. The van der Waals surface area contributed by atoms with Crippen LogP contribution in [0.15, 0.2) is 0 Å². The summed E-state index contributed by atoms with van der Waals surface area (Å²) in [6.07, 6.45) is 0. The Hall–Kier alpha value is -0.750. The average Bonchev–Trinajstić information content (AvgIpc) is 2.28. The molecule has 1 N–H and O–H groups in total. The van der Waals surface area contributed by atoms with Crippen LogP contribution in [0.4, 0.5) is 11.9 Å². The van der Waals surface area contributed by atoms with E-state index in [4.69, 9.17) is 11.6 Å². The van der Waals surface area contributed by atoms with Crippen molar-refractivity contribution in [2.24, 2.45) is 0 Å². The van der Waals surface area contributed by atoms with Crippen molar-refractivity contribution in [3.63, 3.8) is 0 Å². The van der Waals surface area contributed by atoms with Crippen molar-refractivity contribution in [3.05, 3.63) is 5.28 Å². The van der Waals surface area contributed by atoms with Gasteiger partial charge in [-0.05, 0) is 18.5 Å². The molecule has 0 aromatic carbocycles. The van der Waals surface area contributed by atoms with Crippen LogP contribution in [0.2, 0.25) is 5.28 Å². The lowest BCUT2D eigenvalue weighted by Crippen LogP contribution is -2.41. The second kappa shape index (κ2) is 5.05. The van der Waals surface area contributed by atoms with Crippen molar-refractivity contribution in [1.29, 1.82) is 0 Å². The highest BCUT2D eigenvalue weighted by atomic mass is 35.5. The largest absolute Gasteiger partial charge is 0.357 e. The third-order valence-electron chi connectivity index (χ3n) is 2.44. The molecule has 1 aromatic rings. The van der Waals surface area contributed by atoms with Gasteiger partial charge in [-0.15, -0.1) is 0 Å². The summed E-state index contributed by atoms with van der Waals surface area (Å²) in [5.41, 5.74) is 0. The molecule has 1 aromatic heterocycles. The van der Waals surface area contributed by atoms with E-state index in [-0.39, 0.29) is 5.28 Å². The summed E-state index contributed by atoms with van der Waals surface area (Å²) < 4.78 is 0. The minimum atomic E-state index is 0.236. The fraction of sp³-hybridized carbons (Fsp3) is 0.667. The molecule has 88 valence electrons. The number of nitrogens with one attached hydrogen (secondary N) is 1. The SMILES string of the molecule is CNc1nc(Cl)nc(N2CCSCC2C)n1. The number of hydrogen-bond donors (Lipinski definition) is 1. The second-order valence-corrected chi connectivity index (χ2v) is 5.08. The first-order valence-electron chi connectivity index (χ1n) is 5.14. The summed E-state index contributed by atoms with van der Waals surface area (Å²) in [4.78, 5) is 14.6. The summed E-state index contributed by atoms with van der Waals surface area (Å²) in [5.74, 6) is 3.37. The fourth-order valence-electron chi connectivity index (χ4n) is 1.60. The number of rotatable bonds is 2. The zero-order valence-corrected chi connectivity index (χ0v) is 10.8.